The maximum absolute atomic E-state index is 5.19. The van der Waals surface area contributed by atoms with Crippen molar-refractivity contribution in [2.24, 2.45) is 0 Å². The summed E-state index contributed by atoms with van der Waals surface area (Å²) in [6.07, 6.45) is 3.22. The molecule has 0 fully saturated rings. The van der Waals surface area contributed by atoms with Crippen LogP contribution in [0.3, 0.4) is 0 Å². The standard InChI is InChI=1S/C12H10N4OS/c1-2-6-13-10(3-1)12-15-11(17-16-12)5-4-9-7-18-8-14-9/h1-3,6-8H,4-5H2. The van der Waals surface area contributed by atoms with Gasteiger partial charge in [0, 0.05) is 18.0 Å². The summed E-state index contributed by atoms with van der Waals surface area (Å²) in [7, 11) is 0. The van der Waals surface area contributed by atoms with Gasteiger partial charge in [-0.3, -0.25) is 4.98 Å². The quantitative estimate of drug-likeness (QED) is 0.718. The van der Waals surface area contributed by atoms with Crippen LogP contribution in [0, 0.1) is 0 Å². The van der Waals surface area contributed by atoms with E-state index in [0.717, 1.165) is 17.8 Å². The van der Waals surface area contributed by atoms with Crippen LogP contribution in [-0.4, -0.2) is 20.1 Å². The fraction of sp³-hybridized carbons (Fsp3) is 0.167. The first-order chi connectivity index (χ1) is 8.92. The first kappa shape index (κ1) is 11.0. The van der Waals surface area contributed by atoms with E-state index < -0.39 is 0 Å². The molecule has 18 heavy (non-hydrogen) atoms. The third-order valence-corrected chi connectivity index (χ3v) is 3.08. The predicted molar refractivity (Wildman–Crippen MR) is 67.1 cm³/mol. The van der Waals surface area contributed by atoms with E-state index in [-0.39, 0.29) is 0 Å². The van der Waals surface area contributed by atoms with Gasteiger partial charge in [0.2, 0.25) is 11.7 Å². The maximum atomic E-state index is 5.19. The summed E-state index contributed by atoms with van der Waals surface area (Å²) < 4.78 is 5.19. The highest BCUT2D eigenvalue weighted by molar-refractivity contribution is 7.07. The van der Waals surface area contributed by atoms with E-state index in [0.29, 0.717) is 18.1 Å². The van der Waals surface area contributed by atoms with Crippen molar-refractivity contribution in [2.45, 2.75) is 12.8 Å². The fourth-order valence-electron chi connectivity index (χ4n) is 1.55. The fourth-order valence-corrected chi connectivity index (χ4v) is 2.14. The van der Waals surface area contributed by atoms with Crippen LogP contribution < -0.4 is 0 Å². The van der Waals surface area contributed by atoms with Crippen LogP contribution in [-0.2, 0) is 12.8 Å². The Bertz CT molecular complexity index is 606. The first-order valence-corrected chi connectivity index (χ1v) is 6.47. The van der Waals surface area contributed by atoms with Gasteiger partial charge < -0.3 is 4.52 Å². The smallest absolute Gasteiger partial charge is 0.227 e. The van der Waals surface area contributed by atoms with Crippen LogP contribution in [0.2, 0.25) is 0 Å². The molecule has 0 aliphatic heterocycles. The van der Waals surface area contributed by atoms with Gasteiger partial charge in [-0.25, -0.2) is 4.98 Å². The molecule has 3 rings (SSSR count). The number of pyridine rings is 1. The summed E-state index contributed by atoms with van der Waals surface area (Å²) in [5.74, 6) is 1.15. The van der Waals surface area contributed by atoms with Gasteiger partial charge >= 0.3 is 0 Å². The molecule has 0 aliphatic carbocycles. The van der Waals surface area contributed by atoms with Gasteiger partial charge in [-0.1, -0.05) is 11.2 Å². The average molecular weight is 258 g/mol. The molecular formula is C12H10N4OS. The van der Waals surface area contributed by atoms with Crippen molar-refractivity contribution in [2.75, 3.05) is 0 Å². The Labute approximate surface area is 108 Å². The number of nitrogens with zero attached hydrogens (tertiary/aromatic N) is 4. The lowest BCUT2D eigenvalue weighted by Crippen LogP contribution is -1.92. The Morgan fingerprint density at radius 3 is 2.94 bits per heavy atom. The monoisotopic (exact) mass is 258 g/mol. The molecule has 0 radical (unpaired) electrons. The molecule has 6 heteroatoms. The molecule has 90 valence electrons. The third kappa shape index (κ3) is 2.43. The number of hydrogen-bond acceptors (Lipinski definition) is 6. The zero-order chi connectivity index (χ0) is 12.2. The van der Waals surface area contributed by atoms with E-state index >= 15 is 0 Å². The number of aromatic nitrogens is 4. The van der Waals surface area contributed by atoms with Gasteiger partial charge in [-0.05, 0) is 18.6 Å². The minimum Gasteiger partial charge on any atom is -0.339 e. The predicted octanol–water partition coefficient (Wildman–Crippen LogP) is 2.37. The summed E-state index contributed by atoms with van der Waals surface area (Å²) in [5, 5.41) is 5.94. The second-order valence-electron chi connectivity index (χ2n) is 3.71. The zero-order valence-electron chi connectivity index (χ0n) is 9.48. The number of rotatable bonds is 4. The van der Waals surface area contributed by atoms with E-state index in [1.54, 1.807) is 17.5 Å². The summed E-state index contributed by atoms with van der Waals surface area (Å²) in [5.41, 5.74) is 3.60. The van der Waals surface area contributed by atoms with Crippen LogP contribution in [0.25, 0.3) is 11.5 Å². The number of aryl methyl sites for hydroxylation is 2. The Hall–Kier alpha value is -2.08. The minimum absolute atomic E-state index is 0.531. The summed E-state index contributed by atoms with van der Waals surface area (Å²) in [6, 6.07) is 5.61. The largest absolute Gasteiger partial charge is 0.339 e. The molecule has 0 N–H and O–H groups in total. The van der Waals surface area contributed by atoms with Crippen molar-refractivity contribution in [3.63, 3.8) is 0 Å². The Morgan fingerprint density at radius 2 is 2.17 bits per heavy atom. The SMILES string of the molecule is c1ccc(-c2noc(CCc3cscn3)n2)nc1. The van der Waals surface area contributed by atoms with Crippen molar-refractivity contribution in [3.8, 4) is 11.5 Å². The van der Waals surface area contributed by atoms with Gasteiger partial charge in [0.25, 0.3) is 0 Å². The van der Waals surface area contributed by atoms with Crippen LogP contribution in [0.15, 0.2) is 39.8 Å². The molecule has 0 spiro atoms. The average Bonchev–Trinajstić information content (AvgIpc) is 3.09. The van der Waals surface area contributed by atoms with E-state index in [1.807, 2.05) is 29.1 Å². The van der Waals surface area contributed by atoms with Gasteiger partial charge in [0.15, 0.2) is 0 Å². The minimum atomic E-state index is 0.531. The molecule has 0 atom stereocenters. The Balaban J connectivity index is 1.70. The highest BCUT2D eigenvalue weighted by Crippen LogP contribution is 2.13. The highest BCUT2D eigenvalue weighted by atomic mass is 32.1. The molecule has 0 aliphatic rings. The molecule has 3 aromatic heterocycles. The van der Waals surface area contributed by atoms with Gasteiger partial charge in [-0.15, -0.1) is 11.3 Å². The first-order valence-electron chi connectivity index (χ1n) is 5.53. The molecule has 0 saturated carbocycles. The lowest BCUT2D eigenvalue weighted by Gasteiger charge is -1.91. The van der Waals surface area contributed by atoms with Gasteiger partial charge in [0.05, 0.1) is 11.2 Å². The molecular weight excluding hydrogens is 248 g/mol. The van der Waals surface area contributed by atoms with Crippen LogP contribution in [0.4, 0.5) is 0 Å². The van der Waals surface area contributed by atoms with E-state index in [4.69, 9.17) is 4.52 Å². The molecule has 0 saturated heterocycles. The molecule has 0 aromatic carbocycles. The van der Waals surface area contributed by atoms with Crippen molar-refractivity contribution in [3.05, 3.63) is 46.9 Å². The lowest BCUT2D eigenvalue weighted by molar-refractivity contribution is 0.378. The Kier molecular flexibility index (Phi) is 3.10. The topological polar surface area (TPSA) is 64.7 Å². The number of thiazole rings is 1. The van der Waals surface area contributed by atoms with E-state index in [1.165, 1.54) is 0 Å². The molecule has 3 heterocycles. The molecule has 5 nitrogen and oxygen atoms in total. The normalized spacial score (nSPS) is 10.7. The lowest BCUT2D eigenvalue weighted by atomic mass is 10.2. The van der Waals surface area contributed by atoms with Crippen molar-refractivity contribution in [1.82, 2.24) is 20.1 Å². The molecule has 0 bridgehead atoms. The van der Waals surface area contributed by atoms with Crippen LogP contribution >= 0.6 is 11.3 Å². The van der Waals surface area contributed by atoms with Gasteiger partial charge in [0.1, 0.15) is 5.69 Å². The van der Waals surface area contributed by atoms with Crippen molar-refractivity contribution in [1.29, 1.82) is 0 Å². The van der Waals surface area contributed by atoms with E-state index in [9.17, 15) is 0 Å². The summed E-state index contributed by atoms with van der Waals surface area (Å²) in [6.45, 7) is 0. The Morgan fingerprint density at radius 1 is 1.17 bits per heavy atom. The molecule has 0 unspecified atom stereocenters. The van der Waals surface area contributed by atoms with Crippen molar-refractivity contribution < 1.29 is 4.52 Å². The maximum Gasteiger partial charge on any atom is 0.227 e. The summed E-state index contributed by atoms with van der Waals surface area (Å²) >= 11 is 1.59. The van der Waals surface area contributed by atoms with Crippen LogP contribution in [0.5, 0.6) is 0 Å². The zero-order valence-corrected chi connectivity index (χ0v) is 10.3. The number of hydrogen-bond donors (Lipinski definition) is 0. The third-order valence-electron chi connectivity index (χ3n) is 2.44. The molecule has 0 amide bonds. The highest BCUT2D eigenvalue weighted by Gasteiger charge is 2.09. The second-order valence-corrected chi connectivity index (χ2v) is 4.43. The summed E-state index contributed by atoms with van der Waals surface area (Å²) in [4.78, 5) is 12.7. The van der Waals surface area contributed by atoms with E-state index in [2.05, 4.69) is 20.1 Å². The van der Waals surface area contributed by atoms with Crippen LogP contribution in [0.1, 0.15) is 11.6 Å². The van der Waals surface area contributed by atoms with Gasteiger partial charge in [-0.2, -0.15) is 4.98 Å². The molecule has 3 aromatic rings. The second kappa shape index (κ2) is 5.05. The van der Waals surface area contributed by atoms with Crippen molar-refractivity contribution >= 4 is 11.3 Å².